The van der Waals surface area contributed by atoms with Gasteiger partial charge in [-0.05, 0) is 26.0 Å². The fourth-order valence-corrected chi connectivity index (χ4v) is 3.40. The summed E-state index contributed by atoms with van der Waals surface area (Å²) in [5.41, 5.74) is 1.03. The van der Waals surface area contributed by atoms with Gasteiger partial charge in [0.1, 0.15) is 0 Å². The maximum Gasteiger partial charge on any atom is 0.379 e. The molecule has 1 fully saturated rings. The number of aromatic amines is 1. The lowest BCUT2D eigenvalue weighted by Crippen LogP contribution is -2.56. The van der Waals surface area contributed by atoms with E-state index in [9.17, 15) is 14.4 Å². The van der Waals surface area contributed by atoms with E-state index in [1.807, 2.05) is 13.8 Å². The summed E-state index contributed by atoms with van der Waals surface area (Å²) in [7, 11) is 1.15. The second-order valence-electron chi connectivity index (χ2n) is 6.52. The molecule has 1 aliphatic heterocycles. The van der Waals surface area contributed by atoms with Crippen LogP contribution in [0.15, 0.2) is 18.3 Å². The fraction of sp³-hybridized carbons (Fsp3) is 0.389. The molecule has 0 spiro atoms. The lowest BCUT2D eigenvalue weighted by atomic mass is 10.0. The molecule has 8 heteroatoms. The highest BCUT2D eigenvalue weighted by Crippen LogP contribution is 2.28. The van der Waals surface area contributed by atoms with Crippen molar-refractivity contribution in [3.05, 3.63) is 34.5 Å². The van der Waals surface area contributed by atoms with Gasteiger partial charge < -0.3 is 19.9 Å². The number of esters is 1. The average Bonchev–Trinajstić information content (AvgIpc) is 3.03. The minimum atomic E-state index is -0.960. The summed E-state index contributed by atoms with van der Waals surface area (Å²) in [6, 6.07) is 3.36. The van der Waals surface area contributed by atoms with E-state index in [2.05, 4.69) is 15.0 Å². The number of nitrogens with one attached hydrogen (secondary N) is 2. The van der Waals surface area contributed by atoms with Gasteiger partial charge in [-0.2, -0.15) is 0 Å². The third-order valence-corrected chi connectivity index (χ3v) is 4.95. The maximum atomic E-state index is 13.0. The molecule has 1 aromatic carbocycles. The van der Waals surface area contributed by atoms with Gasteiger partial charge in [0, 0.05) is 42.3 Å². The quantitative estimate of drug-likeness (QED) is 0.485. The number of aromatic nitrogens is 1. The lowest BCUT2D eigenvalue weighted by Gasteiger charge is -2.37. The third kappa shape index (κ3) is 3.20. The average molecular weight is 378 g/mol. The number of hydrogen-bond acceptors (Lipinski definition) is 5. The van der Waals surface area contributed by atoms with Crippen LogP contribution in [0.25, 0.3) is 10.9 Å². The Hall–Kier alpha value is -2.38. The minimum Gasteiger partial charge on any atom is -0.463 e. The van der Waals surface area contributed by atoms with Crippen molar-refractivity contribution in [3.8, 4) is 0 Å². The zero-order chi connectivity index (χ0) is 19.0. The molecule has 0 aliphatic carbocycles. The molecule has 1 aliphatic rings. The second-order valence-corrected chi connectivity index (χ2v) is 6.92. The van der Waals surface area contributed by atoms with Crippen molar-refractivity contribution >= 4 is 40.2 Å². The van der Waals surface area contributed by atoms with E-state index >= 15 is 0 Å². The van der Waals surface area contributed by atoms with Crippen LogP contribution in [-0.2, 0) is 9.53 Å². The van der Waals surface area contributed by atoms with Gasteiger partial charge >= 0.3 is 5.97 Å². The number of nitrogens with zero attached hydrogens (tertiary/aromatic N) is 1. The Labute approximate surface area is 155 Å². The minimum absolute atomic E-state index is 0.0212. The van der Waals surface area contributed by atoms with Gasteiger partial charge in [0.15, 0.2) is 0 Å². The predicted molar refractivity (Wildman–Crippen MR) is 97.6 cm³/mol. The predicted octanol–water partition coefficient (Wildman–Crippen LogP) is 2.00. The van der Waals surface area contributed by atoms with Crippen molar-refractivity contribution in [2.45, 2.75) is 25.9 Å². The standard InChI is InChI=1S/C18H20ClN3O4/c1-9-8-22(10(2)6-20-9)17(24)12-4-11-13(16(23)18(25)26-3)7-21-15(11)5-14(12)19/h4-5,7,9-10,20-21H,6,8H2,1-3H3/t9-,10+/m0/s1. The topological polar surface area (TPSA) is 91.5 Å². The van der Waals surface area contributed by atoms with Crippen LogP contribution in [0.5, 0.6) is 0 Å². The van der Waals surface area contributed by atoms with Crippen LogP contribution < -0.4 is 5.32 Å². The van der Waals surface area contributed by atoms with Crippen molar-refractivity contribution in [2.75, 3.05) is 20.2 Å². The van der Waals surface area contributed by atoms with E-state index in [0.29, 0.717) is 34.6 Å². The Bertz CT molecular complexity index is 892. The molecule has 2 aromatic rings. The van der Waals surface area contributed by atoms with Gasteiger partial charge in [-0.25, -0.2) is 4.79 Å². The molecule has 2 heterocycles. The molecule has 26 heavy (non-hydrogen) atoms. The summed E-state index contributed by atoms with van der Waals surface area (Å²) in [5.74, 6) is -1.93. The first kappa shape index (κ1) is 18.4. The van der Waals surface area contributed by atoms with Crippen LogP contribution in [0.4, 0.5) is 0 Å². The number of hydrogen-bond donors (Lipinski definition) is 2. The van der Waals surface area contributed by atoms with Crippen LogP contribution in [0.2, 0.25) is 5.02 Å². The number of amides is 1. The normalized spacial score (nSPS) is 20.2. The summed E-state index contributed by atoms with van der Waals surface area (Å²) < 4.78 is 4.50. The number of piperazine rings is 1. The smallest absolute Gasteiger partial charge is 0.379 e. The van der Waals surface area contributed by atoms with Crippen LogP contribution >= 0.6 is 11.6 Å². The van der Waals surface area contributed by atoms with E-state index < -0.39 is 11.8 Å². The lowest BCUT2D eigenvalue weighted by molar-refractivity contribution is -0.135. The number of carbonyl (C=O) groups is 3. The number of ether oxygens (including phenoxy) is 1. The number of ketones is 1. The van der Waals surface area contributed by atoms with Gasteiger partial charge in [-0.1, -0.05) is 11.6 Å². The van der Waals surface area contributed by atoms with E-state index in [4.69, 9.17) is 11.6 Å². The van der Waals surface area contributed by atoms with Crippen molar-refractivity contribution < 1.29 is 19.1 Å². The highest BCUT2D eigenvalue weighted by atomic mass is 35.5. The van der Waals surface area contributed by atoms with Gasteiger partial charge in [0.2, 0.25) is 0 Å². The zero-order valence-electron chi connectivity index (χ0n) is 14.8. The van der Waals surface area contributed by atoms with Gasteiger partial charge in [-0.15, -0.1) is 0 Å². The fourth-order valence-electron chi connectivity index (χ4n) is 3.16. The van der Waals surface area contributed by atoms with Crippen LogP contribution in [0.1, 0.15) is 34.6 Å². The molecule has 0 unspecified atom stereocenters. The summed E-state index contributed by atoms with van der Waals surface area (Å²) in [6.07, 6.45) is 1.42. The summed E-state index contributed by atoms with van der Waals surface area (Å²) in [5, 5.41) is 4.08. The van der Waals surface area contributed by atoms with E-state index in [1.54, 1.807) is 17.0 Å². The Morgan fingerprint density at radius 2 is 1.96 bits per heavy atom. The Morgan fingerprint density at radius 3 is 2.65 bits per heavy atom. The van der Waals surface area contributed by atoms with Gasteiger partial charge in [0.05, 0.1) is 23.3 Å². The molecular weight excluding hydrogens is 358 g/mol. The largest absolute Gasteiger partial charge is 0.463 e. The van der Waals surface area contributed by atoms with Crippen molar-refractivity contribution in [1.82, 2.24) is 15.2 Å². The second kappa shape index (κ2) is 7.09. The zero-order valence-corrected chi connectivity index (χ0v) is 15.5. The summed E-state index contributed by atoms with van der Waals surface area (Å²) >= 11 is 6.32. The van der Waals surface area contributed by atoms with Crippen LogP contribution in [0, 0.1) is 0 Å². The molecule has 1 aromatic heterocycles. The van der Waals surface area contributed by atoms with Crippen molar-refractivity contribution in [2.24, 2.45) is 0 Å². The highest BCUT2D eigenvalue weighted by molar-refractivity contribution is 6.43. The molecule has 0 bridgehead atoms. The van der Waals surface area contributed by atoms with Gasteiger partial charge in [0.25, 0.3) is 11.7 Å². The number of Topliss-reactive ketones (excluding diaryl/α,β-unsaturated/α-hetero) is 1. The highest BCUT2D eigenvalue weighted by Gasteiger charge is 2.29. The number of carbonyl (C=O) groups excluding carboxylic acids is 3. The molecular formula is C18H20ClN3O4. The first-order valence-electron chi connectivity index (χ1n) is 8.31. The summed E-state index contributed by atoms with van der Waals surface area (Å²) in [6.45, 7) is 5.24. The SMILES string of the molecule is COC(=O)C(=O)c1c[nH]c2cc(Cl)c(C(=O)N3C[C@H](C)NC[C@H]3C)cc12. The first-order chi connectivity index (χ1) is 12.3. The van der Waals surface area contributed by atoms with E-state index in [0.717, 1.165) is 7.11 Å². The van der Waals surface area contributed by atoms with Crippen molar-refractivity contribution in [3.63, 3.8) is 0 Å². The Balaban J connectivity index is 2.03. The number of benzene rings is 1. The monoisotopic (exact) mass is 377 g/mol. The van der Waals surface area contributed by atoms with E-state index in [1.165, 1.54) is 6.20 Å². The molecule has 0 saturated carbocycles. The Kier molecular flexibility index (Phi) is 5.02. The summed E-state index contributed by atoms with van der Waals surface area (Å²) in [4.78, 5) is 41.5. The number of methoxy groups -OCH3 is 1. The molecule has 7 nitrogen and oxygen atoms in total. The number of fused-ring (bicyclic) bond motifs is 1. The molecule has 3 rings (SSSR count). The first-order valence-corrected chi connectivity index (χ1v) is 8.69. The maximum absolute atomic E-state index is 13.0. The Morgan fingerprint density at radius 1 is 1.23 bits per heavy atom. The molecule has 1 amide bonds. The molecule has 1 saturated heterocycles. The van der Waals surface area contributed by atoms with Crippen LogP contribution in [0.3, 0.4) is 0 Å². The number of rotatable bonds is 3. The molecule has 2 atom stereocenters. The van der Waals surface area contributed by atoms with Crippen LogP contribution in [-0.4, -0.2) is 59.8 Å². The van der Waals surface area contributed by atoms with E-state index in [-0.39, 0.29) is 23.6 Å². The van der Waals surface area contributed by atoms with Gasteiger partial charge in [-0.3, -0.25) is 9.59 Å². The molecule has 0 radical (unpaired) electrons. The molecule has 2 N–H and O–H groups in total. The number of halogens is 1. The number of H-pyrrole nitrogens is 1. The molecule has 138 valence electrons. The van der Waals surface area contributed by atoms with Crippen molar-refractivity contribution in [1.29, 1.82) is 0 Å². The third-order valence-electron chi connectivity index (χ3n) is 4.64.